The van der Waals surface area contributed by atoms with Crippen molar-refractivity contribution in [2.75, 3.05) is 13.7 Å². The van der Waals surface area contributed by atoms with Crippen LogP contribution in [-0.2, 0) is 20.9 Å². The number of likely N-dealkylation sites (tertiary alicyclic amines) is 1. The molecule has 2 rings (SSSR count). The second-order valence-electron chi connectivity index (χ2n) is 4.54. The number of carboxylic acids is 1. The number of carboxylic acid groups (broad SMARTS) is 1. The molecule has 1 fully saturated rings. The average molecular weight is 267 g/mol. The van der Waals surface area contributed by atoms with Gasteiger partial charge in [-0.05, 0) is 0 Å². The molecule has 7 heteroatoms. The number of aromatic nitrogens is 2. The molecule has 104 valence electrons. The number of nitrogens with zero attached hydrogens (tertiary/aromatic N) is 3. The molecule has 0 aromatic carbocycles. The maximum atomic E-state index is 12.1. The number of carbonyl (C=O) groups excluding carboxylic acids is 1. The van der Waals surface area contributed by atoms with E-state index in [0.717, 1.165) is 0 Å². The number of ether oxygens (including phenoxy) is 1. The van der Waals surface area contributed by atoms with E-state index in [1.54, 1.807) is 23.3 Å². The van der Waals surface area contributed by atoms with Crippen LogP contribution < -0.4 is 0 Å². The Morgan fingerprint density at radius 1 is 1.53 bits per heavy atom. The summed E-state index contributed by atoms with van der Waals surface area (Å²) in [5, 5.41) is 9.13. The summed E-state index contributed by atoms with van der Waals surface area (Å²) in [5.41, 5.74) is 0. The minimum atomic E-state index is -0.976. The molecule has 2 atom stereocenters. The van der Waals surface area contributed by atoms with E-state index in [0.29, 0.717) is 19.5 Å². The highest BCUT2D eigenvalue weighted by Gasteiger charge is 2.39. The number of imidazole rings is 1. The molecule has 1 saturated heterocycles. The van der Waals surface area contributed by atoms with E-state index in [2.05, 4.69) is 4.98 Å². The van der Waals surface area contributed by atoms with Gasteiger partial charge in [0, 0.05) is 45.4 Å². The maximum absolute atomic E-state index is 12.1. The first-order chi connectivity index (χ1) is 9.11. The van der Waals surface area contributed by atoms with Gasteiger partial charge in [-0.3, -0.25) is 4.79 Å². The molecule has 1 amide bonds. The zero-order valence-corrected chi connectivity index (χ0v) is 10.7. The van der Waals surface area contributed by atoms with Gasteiger partial charge in [-0.15, -0.1) is 0 Å². The number of hydrogen-bond acceptors (Lipinski definition) is 4. The minimum absolute atomic E-state index is 0.166. The smallest absolute Gasteiger partial charge is 0.326 e. The van der Waals surface area contributed by atoms with Crippen molar-refractivity contribution in [1.29, 1.82) is 0 Å². The quantitative estimate of drug-likeness (QED) is 0.810. The minimum Gasteiger partial charge on any atom is -0.480 e. The van der Waals surface area contributed by atoms with E-state index in [9.17, 15) is 9.59 Å². The monoisotopic (exact) mass is 267 g/mol. The fraction of sp³-hybridized carbons (Fsp3) is 0.583. The zero-order valence-electron chi connectivity index (χ0n) is 10.7. The lowest BCUT2D eigenvalue weighted by atomic mass is 10.2. The van der Waals surface area contributed by atoms with Crippen molar-refractivity contribution in [1.82, 2.24) is 14.5 Å². The molecule has 1 aromatic heterocycles. The molecule has 1 aliphatic heterocycles. The van der Waals surface area contributed by atoms with Crippen LogP contribution in [0.15, 0.2) is 18.7 Å². The third-order valence-corrected chi connectivity index (χ3v) is 3.34. The highest BCUT2D eigenvalue weighted by molar-refractivity contribution is 5.84. The highest BCUT2D eigenvalue weighted by atomic mass is 16.5. The van der Waals surface area contributed by atoms with Crippen molar-refractivity contribution in [2.45, 2.75) is 31.5 Å². The Morgan fingerprint density at radius 3 is 2.89 bits per heavy atom. The molecule has 0 radical (unpaired) electrons. The van der Waals surface area contributed by atoms with Gasteiger partial charge in [0.2, 0.25) is 5.91 Å². The Labute approximate surface area is 110 Å². The number of aliphatic carboxylic acids is 1. The molecule has 19 heavy (non-hydrogen) atoms. The highest BCUT2D eigenvalue weighted by Crippen LogP contribution is 2.21. The first kappa shape index (κ1) is 13.5. The fourth-order valence-corrected chi connectivity index (χ4v) is 2.27. The molecule has 2 heterocycles. The molecular formula is C12H17N3O4. The van der Waals surface area contributed by atoms with Gasteiger partial charge >= 0.3 is 5.97 Å². The first-order valence-electron chi connectivity index (χ1n) is 6.12. The summed E-state index contributed by atoms with van der Waals surface area (Å²) in [6.45, 7) is 0.843. The summed E-state index contributed by atoms with van der Waals surface area (Å²) in [4.78, 5) is 28.5. The number of amides is 1. The molecular weight excluding hydrogens is 250 g/mol. The summed E-state index contributed by atoms with van der Waals surface area (Å²) in [6.07, 6.45) is 5.45. The zero-order chi connectivity index (χ0) is 13.8. The largest absolute Gasteiger partial charge is 0.480 e. The fourth-order valence-electron chi connectivity index (χ4n) is 2.27. The lowest BCUT2D eigenvalue weighted by molar-refractivity contribution is -0.148. The van der Waals surface area contributed by atoms with Crippen molar-refractivity contribution in [3.05, 3.63) is 18.7 Å². The Morgan fingerprint density at radius 2 is 2.32 bits per heavy atom. The lowest BCUT2D eigenvalue weighted by Gasteiger charge is -2.21. The van der Waals surface area contributed by atoms with E-state index in [4.69, 9.17) is 9.84 Å². The molecule has 0 saturated carbocycles. The van der Waals surface area contributed by atoms with E-state index >= 15 is 0 Å². The van der Waals surface area contributed by atoms with Crippen LogP contribution in [0.3, 0.4) is 0 Å². The molecule has 1 N–H and O–H groups in total. The standard InChI is InChI=1S/C12H17N3O4/c1-19-9-6-10(12(17)18)15(7-9)11(16)2-4-14-5-3-13-8-14/h3,5,8-10H,2,4,6-7H2,1H3,(H,17,18). The predicted octanol–water partition coefficient (Wildman–Crippen LogP) is -0.0263. The average Bonchev–Trinajstić information content (AvgIpc) is 3.04. The Bertz CT molecular complexity index is 446. The van der Waals surface area contributed by atoms with Crippen LogP contribution in [0.4, 0.5) is 0 Å². The SMILES string of the molecule is COC1CC(C(=O)O)N(C(=O)CCn2ccnc2)C1. The molecule has 7 nitrogen and oxygen atoms in total. The van der Waals surface area contributed by atoms with E-state index < -0.39 is 12.0 Å². The normalized spacial score (nSPS) is 22.7. The van der Waals surface area contributed by atoms with Crippen LogP contribution in [-0.4, -0.2) is 57.2 Å². The molecule has 0 aliphatic carbocycles. The Kier molecular flexibility index (Phi) is 4.16. The summed E-state index contributed by atoms with van der Waals surface area (Å²) in [6, 6.07) is -0.778. The van der Waals surface area contributed by atoms with Gasteiger partial charge in [-0.25, -0.2) is 9.78 Å². The van der Waals surface area contributed by atoms with Gasteiger partial charge in [0.25, 0.3) is 0 Å². The number of rotatable bonds is 5. The molecule has 0 bridgehead atoms. The van der Waals surface area contributed by atoms with Gasteiger partial charge in [-0.1, -0.05) is 0 Å². The summed E-state index contributed by atoms with van der Waals surface area (Å²) in [5.74, 6) is -1.14. The Hall–Kier alpha value is -1.89. The molecule has 2 unspecified atom stereocenters. The van der Waals surface area contributed by atoms with Gasteiger partial charge in [-0.2, -0.15) is 0 Å². The lowest BCUT2D eigenvalue weighted by Crippen LogP contribution is -2.40. The van der Waals surface area contributed by atoms with Crippen molar-refractivity contribution >= 4 is 11.9 Å². The number of aryl methyl sites for hydroxylation is 1. The predicted molar refractivity (Wildman–Crippen MR) is 65.4 cm³/mol. The van der Waals surface area contributed by atoms with E-state index in [1.165, 1.54) is 12.0 Å². The van der Waals surface area contributed by atoms with Gasteiger partial charge in [0.1, 0.15) is 6.04 Å². The third kappa shape index (κ3) is 3.11. The van der Waals surface area contributed by atoms with Crippen molar-refractivity contribution in [2.24, 2.45) is 0 Å². The van der Waals surface area contributed by atoms with Crippen LogP contribution in [0.25, 0.3) is 0 Å². The Balaban J connectivity index is 1.94. The number of carbonyl (C=O) groups is 2. The number of methoxy groups -OCH3 is 1. The summed E-state index contributed by atoms with van der Waals surface area (Å²) in [7, 11) is 1.53. The summed E-state index contributed by atoms with van der Waals surface area (Å²) < 4.78 is 6.94. The van der Waals surface area contributed by atoms with Crippen molar-refractivity contribution in [3.8, 4) is 0 Å². The van der Waals surface area contributed by atoms with Crippen LogP contribution in [0.2, 0.25) is 0 Å². The van der Waals surface area contributed by atoms with Crippen LogP contribution >= 0.6 is 0 Å². The van der Waals surface area contributed by atoms with Crippen LogP contribution in [0.5, 0.6) is 0 Å². The second-order valence-corrected chi connectivity index (χ2v) is 4.54. The van der Waals surface area contributed by atoms with Crippen LogP contribution in [0, 0.1) is 0 Å². The second kappa shape index (κ2) is 5.83. The first-order valence-corrected chi connectivity index (χ1v) is 6.12. The molecule has 0 spiro atoms. The topological polar surface area (TPSA) is 84.7 Å². The summed E-state index contributed by atoms with van der Waals surface area (Å²) >= 11 is 0. The molecule has 1 aromatic rings. The number of hydrogen-bond donors (Lipinski definition) is 1. The third-order valence-electron chi connectivity index (χ3n) is 3.34. The molecule has 1 aliphatic rings. The van der Waals surface area contributed by atoms with Gasteiger partial charge in [0.05, 0.1) is 12.4 Å². The van der Waals surface area contributed by atoms with Crippen molar-refractivity contribution < 1.29 is 19.4 Å². The maximum Gasteiger partial charge on any atom is 0.326 e. The van der Waals surface area contributed by atoms with Gasteiger partial charge < -0.3 is 19.3 Å². The van der Waals surface area contributed by atoms with E-state index in [-0.39, 0.29) is 18.4 Å². The van der Waals surface area contributed by atoms with Crippen molar-refractivity contribution in [3.63, 3.8) is 0 Å². The van der Waals surface area contributed by atoms with E-state index in [1.807, 2.05) is 0 Å². The van der Waals surface area contributed by atoms with Gasteiger partial charge in [0.15, 0.2) is 0 Å². The van der Waals surface area contributed by atoms with Crippen LogP contribution in [0.1, 0.15) is 12.8 Å².